The maximum Gasteiger partial charge on any atom is 0.302 e. The molecular weight excluding hydrogens is 392 g/mol. The first-order valence-corrected chi connectivity index (χ1v) is 13.0. The largest absolute Gasteiger partial charge is 0.462 e. The summed E-state index contributed by atoms with van der Waals surface area (Å²) in [6, 6.07) is 0. The lowest BCUT2D eigenvalue weighted by molar-refractivity contribution is -0.161. The third-order valence-electron chi connectivity index (χ3n) is 9.69. The van der Waals surface area contributed by atoms with E-state index < -0.39 is 26.8 Å². The number of Topliss-reactive ketones (excluding diaryl/α,β-unsaturated/α-hetero) is 1. The molecule has 5 aliphatic rings. The van der Waals surface area contributed by atoms with Crippen LogP contribution in [0.1, 0.15) is 65.7 Å². The zero-order valence-electron chi connectivity index (χ0n) is 17.8. The number of esters is 1. The molecule has 29 heavy (non-hydrogen) atoms. The molecule has 9 atom stereocenters. The number of rotatable bonds is 2. The number of ether oxygens (including phenoxy) is 2. The predicted molar refractivity (Wildman–Crippen MR) is 106 cm³/mol. The maximum atomic E-state index is 12.8. The van der Waals surface area contributed by atoms with E-state index in [4.69, 9.17) is 9.47 Å². The van der Waals surface area contributed by atoms with Crippen molar-refractivity contribution >= 4 is 21.6 Å². The second kappa shape index (κ2) is 5.84. The van der Waals surface area contributed by atoms with Gasteiger partial charge >= 0.3 is 5.97 Å². The molecule has 0 radical (unpaired) electrons. The van der Waals surface area contributed by atoms with Crippen LogP contribution in [0.25, 0.3) is 0 Å². The Morgan fingerprint density at radius 1 is 1.10 bits per heavy atom. The van der Waals surface area contributed by atoms with E-state index in [1.54, 1.807) is 0 Å². The molecule has 0 bridgehead atoms. The zero-order chi connectivity index (χ0) is 21.0. The van der Waals surface area contributed by atoms with Gasteiger partial charge in [-0.25, -0.2) is 8.42 Å². The Morgan fingerprint density at radius 2 is 1.83 bits per heavy atom. The molecule has 5 fully saturated rings. The number of hydrogen-bond donors (Lipinski definition) is 0. The molecule has 4 saturated carbocycles. The summed E-state index contributed by atoms with van der Waals surface area (Å²) >= 11 is 0. The van der Waals surface area contributed by atoms with Gasteiger partial charge in [0.05, 0.1) is 0 Å². The highest BCUT2D eigenvalue weighted by atomic mass is 32.2. The van der Waals surface area contributed by atoms with Crippen LogP contribution in [0.3, 0.4) is 0 Å². The van der Waals surface area contributed by atoms with Gasteiger partial charge in [0, 0.05) is 24.0 Å². The molecule has 0 N–H and O–H groups in total. The van der Waals surface area contributed by atoms with Crippen LogP contribution in [0, 0.1) is 28.6 Å². The van der Waals surface area contributed by atoms with Gasteiger partial charge < -0.3 is 9.47 Å². The summed E-state index contributed by atoms with van der Waals surface area (Å²) in [5, 5.41) is -0.933. The van der Waals surface area contributed by atoms with Crippen LogP contribution in [0.5, 0.6) is 0 Å². The van der Waals surface area contributed by atoms with Gasteiger partial charge in [0.25, 0.3) is 0 Å². The highest BCUT2D eigenvalue weighted by Gasteiger charge is 2.78. The van der Waals surface area contributed by atoms with E-state index in [0.29, 0.717) is 24.2 Å². The van der Waals surface area contributed by atoms with Crippen LogP contribution in [0.15, 0.2) is 0 Å². The molecule has 1 saturated heterocycles. The second-order valence-corrected chi connectivity index (χ2v) is 13.1. The smallest absolute Gasteiger partial charge is 0.302 e. The fraction of sp³-hybridized carbons (Fsp3) is 0.909. The molecule has 1 spiro atoms. The first-order chi connectivity index (χ1) is 13.4. The van der Waals surface area contributed by atoms with E-state index in [9.17, 15) is 18.0 Å². The van der Waals surface area contributed by atoms with Crippen molar-refractivity contribution in [2.75, 3.05) is 6.26 Å². The molecule has 0 amide bonds. The Kier molecular flexibility index (Phi) is 4.03. The minimum atomic E-state index is -3.45. The first-order valence-electron chi connectivity index (χ1n) is 11.0. The Balaban J connectivity index is 1.48. The highest BCUT2D eigenvalue weighted by Crippen LogP contribution is 2.72. The number of epoxide rings is 1. The van der Waals surface area contributed by atoms with E-state index >= 15 is 0 Å². The molecule has 0 aromatic heterocycles. The number of carbonyl (C=O) groups excluding carboxylic acids is 2. The lowest BCUT2D eigenvalue weighted by Crippen LogP contribution is -2.61. The third kappa shape index (κ3) is 2.46. The predicted octanol–water partition coefficient (Wildman–Crippen LogP) is 2.68. The molecule has 2 unspecified atom stereocenters. The van der Waals surface area contributed by atoms with Gasteiger partial charge in [-0.2, -0.15) is 0 Å². The minimum Gasteiger partial charge on any atom is -0.462 e. The molecule has 162 valence electrons. The molecule has 1 aliphatic heterocycles. The number of carbonyl (C=O) groups is 2. The summed E-state index contributed by atoms with van der Waals surface area (Å²) in [4.78, 5) is 24.4. The quantitative estimate of drug-likeness (QED) is 0.500. The summed E-state index contributed by atoms with van der Waals surface area (Å²) < 4.78 is 36.6. The van der Waals surface area contributed by atoms with E-state index in [1.807, 2.05) is 0 Å². The van der Waals surface area contributed by atoms with Crippen molar-refractivity contribution in [2.24, 2.45) is 28.6 Å². The summed E-state index contributed by atoms with van der Waals surface area (Å²) in [6.07, 6.45) is 6.80. The Hall–Kier alpha value is -0.950. The van der Waals surface area contributed by atoms with Crippen LogP contribution in [-0.2, 0) is 28.9 Å². The SMILES string of the molecule is CC(=O)O[C@H]1CC[C@H]2[C@@H]3CC[C@]45OC4C(=O)C(S(C)(=O)=O)C[C@]5(C)[C@H]3CC[C@]12C. The number of fused-ring (bicyclic) bond motifs is 4. The molecule has 5 rings (SSSR count). The van der Waals surface area contributed by atoms with E-state index in [-0.39, 0.29) is 28.7 Å². The average molecular weight is 425 g/mol. The third-order valence-corrected chi connectivity index (χ3v) is 11.1. The van der Waals surface area contributed by atoms with Crippen LogP contribution in [0.2, 0.25) is 0 Å². The van der Waals surface area contributed by atoms with Crippen molar-refractivity contribution in [2.45, 2.75) is 88.8 Å². The summed E-state index contributed by atoms with van der Waals surface area (Å²) in [5.74, 6) is 0.881. The van der Waals surface area contributed by atoms with Crippen molar-refractivity contribution in [1.29, 1.82) is 0 Å². The second-order valence-electron chi connectivity index (χ2n) is 10.9. The monoisotopic (exact) mass is 424 g/mol. The minimum absolute atomic E-state index is 0.00176. The highest BCUT2D eigenvalue weighted by molar-refractivity contribution is 7.92. The molecule has 7 heteroatoms. The van der Waals surface area contributed by atoms with Gasteiger partial charge in [0.15, 0.2) is 15.6 Å². The van der Waals surface area contributed by atoms with Crippen molar-refractivity contribution in [3.05, 3.63) is 0 Å². The van der Waals surface area contributed by atoms with Crippen LogP contribution >= 0.6 is 0 Å². The number of hydrogen-bond acceptors (Lipinski definition) is 6. The van der Waals surface area contributed by atoms with Crippen LogP contribution in [0.4, 0.5) is 0 Å². The Morgan fingerprint density at radius 3 is 2.48 bits per heavy atom. The lowest BCUT2D eigenvalue weighted by Gasteiger charge is -2.59. The van der Waals surface area contributed by atoms with Gasteiger partial charge in [-0.05, 0) is 62.7 Å². The Bertz CT molecular complexity index is 882. The van der Waals surface area contributed by atoms with Gasteiger partial charge in [0.1, 0.15) is 23.1 Å². The van der Waals surface area contributed by atoms with E-state index in [0.717, 1.165) is 38.5 Å². The van der Waals surface area contributed by atoms with Crippen LogP contribution in [-0.4, -0.2) is 49.5 Å². The van der Waals surface area contributed by atoms with Crippen molar-refractivity contribution in [3.8, 4) is 0 Å². The Labute approximate surface area is 173 Å². The van der Waals surface area contributed by atoms with Crippen molar-refractivity contribution < 1.29 is 27.5 Å². The maximum absolute atomic E-state index is 12.8. The molecule has 6 nitrogen and oxygen atoms in total. The van der Waals surface area contributed by atoms with Gasteiger partial charge in [-0.1, -0.05) is 13.8 Å². The number of sulfone groups is 1. The van der Waals surface area contributed by atoms with Crippen molar-refractivity contribution in [1.82, 2.24) is 0 Å². The number of ketones is 1. The fourth-order valence-corrected chi connectivity index (χ4v) is 9.43. The fourth-order valence-electron chi connectivity index (χ4n) is 8.24. The topological polar surface area (TPSA) is 90.0 Å². The van der Waals surface area contributed by atoms with Gasteiger partial charge in [-0.3, -0.25) is 9.59 Å². The molecular formula is C22H32O6S. The summed E-state index contributed by atoms with van der Waals surface area (Å²) in [6.45, 7) is 5.96. The zero-order valence-corrected chi connectivity index (χ0v) is 18.6. The molecule has 1 heterocycles. The van der Waals surface area contributed by atoms with Gasteiger partial charge in [-0.15, -0.1) is 0 Å². The normalized spacial score (nSPS) is 53.3. The molecule has 4 aliphatic carbocycles. The van der Waals surface area contributed by atoms with E-state index in [2.05, 4.69) is 13.8 Å². The average Bonchev–Trinajstić information content (AvgIpc) is 3.28. The molecule has 0 aromatic rings. The van der Waals surface area contributed by atoms with Gasteiger partial charge in [0.2, 0.25) is 0 Å². The summed E-state index contributed by atoms with van der Waals surface area (Å²) in [7, 11) is -3.45. The van der Waals surface area contributed by atoms with E-state index in [1.165, 1.54) is 13.2 Å². The van der Waals surface area contributed by atoms with Crippen molar-refractivity contribution in [3.63, 3.8) is 0 Å². The lowest BCUT2D eigenvalue weighted by atomic mass is 9.45. The molecule has 0 aromatic carbocycles. The summed E-state index contributed by atoms with van der Waals surface area (Å²) in [5.41, 5.74) is -0.741. The standard InChI is InChI=1S/C22H32O6S/c1-12(23)27-17-6-5-14-13-7-10-22-19(28-22)18(24)16(29(4,25)26)11-21(22,3)15(13)8-9-20(14,17)2/h13-17,19H,5-11H2,1-4H3/t13-,14-,15-,16?,17-,19?,20-,21+,22-/m0/s1. The van der Waals surface area contributed by atoms with Crippen LogP contribution < -0.4 is 0 Å². The first kappa shape index (κ1) is 20.0.